The molecule has 0 amide bonds. The van der Waals surface area contributed by atoms with Gasteiger partial charge in [-0.15, -0.1) is 0 Å². The Kier molecular flexibility index (Phi) is 3.54. The molecule has 0 atom stereocenters. The van der Waals surface area contributed by atoms with Crippen molar-refractivity contribution in [2.45, 2.75) is 6.54 Å². The third-order valence-corrected chi connectivity index (χ3v) is 2.54. The number of benzene rings is 1. The van der Waals surface area contributed by atoms with Gasteiger partial charge < -0.3 is 16.5 Å². The van der Waals surface area contributed by atoms with Gasteiger partial charge in [0.05, 0.1) is 0 Å². The number of hydrogen-bond acceptors (Lipinski definition) is 4. The summed E-state index contributed by atoms with van der Waals surface area (Å²) in [4.78, 5) is 17.0. The normalized spacial score (nSPS) is 10.9. The fraction of sp³-hybridized carbons (Fsp3) is 0.0769. The van der Waals surface area contributed by atoms with E-state index in [9.17, 15) is 4.79 Å². The smallest absolute Gasteiger partial charge is 0.346 e. The summed E-state index contributed by atoms with van der Waals surface area (Å²) in [7, 11) is 0. The maximum absolute atomic E-state index is 10.9. The molecule has 18 heavy (non-hydrogen) atoms. The fourth-order valence-electron chi connectivity index (χ4n) is 1.50. The van der Waals surface area contributed by atoms with Crippen LogP contribution in [0.15, 0.2) is 35.3 Å². The number of hydrogen-bond donors (Lipinski definition) is 3. The lowest BCUT2D eigenvalue weighted by atomic mass is 10.1. The molecule has 2 rings (SSSR count). The van der Waals surface area contributed by atoms with Crippen molar-refractivity contribution in [3.8, 4) is 0 Å². The van der Waals surface area contributed by atoms with Crippen molar-refractivity contribution < 1.29 is 0 Å². The van der Waals surface area contributed by atoms with Crippen molar-refractivity contribution in [2.24, 2.45) is 5.73 Å². The molecule has 0 saturated heterocycles. The second-order valence-corrected chi connectivity index (χ2v) is 3.83. The number of aromatic nitrogens is 2. The molecule has 0 bridgehead atoms. The highest BCUT2D eigenvalue weighted by molar-refractivity contribution is 5.73. The Morgan fingerprint density at radius 3 is 2.56 bits per heavy atom. The first-order valence-corrected chi connectivity index (χ1v) is 5.51. The van der Waals surface area contributed by atoms with Gasteiger partial charge in [-0.05, 0) is 17.2 Å². The number of aromatic amines is 1. The number of rotatable bonds is 3. The molecule has 0 radical (unpaired) electrons. The Morgan fingerprint density at radius 2 is 1.94 bits per heavy atom. The van der Waals surface area contributed by atoms with Gasteiger partial charge in [0.15, 0.2) is 0 Å². The van der Waals surface area contributed by atoms with Crippen LogP contribution in [0.4, 0.5) is 5.82 Å². The van der Waals surface area contributed by atoms with Crippen LogP contribution in [-0.2, 0) is 6.54 Å². The summed E-state index contributed by atoms with van der Waals surface area (Å²) < 4.78 is 0. The summed E-state index contributed by atoms with van der Waals surface area (Å²) in [6, 6.07) is 7.87. The lowest BCUT2D eigenvalue weighted by molar-refractivity contribution is 1.07. The summed E-state index contributed by atoms with van der Waals surface area (Å²) in [5.74, 6) is 0.216. The van der Waals surface area contributed by atoms with E-state index >= 15 is 0 Å². The van der Waals surface area contributed by atoms with Crippen molar-refractivity contribution in [1.82, 2.24) is 9.97 Å². The molecule has 1 aromatic carbocycles. The van der Waals surface area contributed by atoms with Gasteiger partial charge in [-0.3, -0.25) is 0 Å². The van der Waals surface area contributed by atoms with Crippen molar-refractivity contribution >= 4 is 18.0 Å². The van der Waals surface area contributed by atoms with E-state index in [4.69, 9.17) is 11.5 Å². The molecule has 5 N–H and O–H groups in total. The number of nitrogen functional groups attached to an aromatic ring is 1. The minimum Gasteiger partial charge on any atom is -0.383 e. The van der Waals surface area contributed by atoms with Gasteiger partial charge in [0.1, 0.15) is 5.82 Å². The van der Waals surface area contributed by atoms with Crippen molar-refractivity contribution in [3.63, 3.8) is 0 Å². The summed E-state index contributed by atoms with van der Waals surface area (Å²) in [6.07, 6.45) is 5.23. The maximum Gasteiger partial charge on any atom is 0.346 e. The summed E-state index contributed by atoms with van der Waals surface area (Å²) in [6.45, 7) is 0.529. The van der Waals surface area contributed by atoms with Crippen molar-refractivity contribution in [1.29, 1.82) is 0 Å². The minimum atomic E-state index is -0.447. The monoisotopic (exact) mass is 242 g/mol. The summed E-state index contributed by atoms with van der Waals surface area (Å²) in [5.41, 5.74) is 13.5. The van der Waals surface area contributed by atoms with Crippen molar-refractivity contribution in [2.75, 3.05) is 5.73 Å². The lowest BCUT2D eigenvalue weighted by Gasteiger charge is -1.99. The standard InChI is InChI=1S/C13H14N4O/c14-7-10-3-1-9(2-4-10)5-6-11-8-16-13(18)17-12(11)15/h1-6,8H,7,14H2,(H3,15,16,17,18)/b6-5+. The molecule has 92 valence electrons. The molecule has 0 aliphatic rings. The molecule has 0 unspecified atom stereocenters. The molecule has 5 heteroatoms. The first-order valence-electron chi connectivity index (χ1n) is 5.51. The number of nitrogens with one attached hydrogen (secondary N) is 1. The van der Waals surface area contributed by atoms with E-state index in [-0.39, 0.29) is 5.82 Å². The van der Waals surface area contributed by atoms with E-state index in [1.807, 2.05) is 30.3 Å². The van der Waals surface area contributed by atoms with Crippen LogP contribution in [0.25, 0.3) is 12.2 Å². The van der Waals surface area contributed by atoms with E-state index in [0.29, 0.717) is 12.1 Å². The molecular formula is C13H14N4O. The predicted octanol–water partition coefficient (Wildman–Crippen LogP) is 0.981. The van der Waals surface area contributed by atoms with E-state index in [1.165, 1.54) is 6.20 Å². The zero-order valence-corrected chi connectivity index (χ0v) is 9.76. The number of anilines is 1. The van der Waals surface area contributed by atoms with Crippen LogP contribution < -0.4 is 17.2 Å². The minimum absolute atomic E-state index is 0.216. The average molecular weight is 242 g/mol. The topological polar surface area (TPSA) is 97.8 Å². The quantitative estimate of drug-likeness (QED) is 0.747. The molecule has 0 saturated carbocycles. The number of nitrogens with two attached hydrogens (primary N) is 2. The van der Waals surface area contributed by atoms with E-state index < -0.39 is 5.69 Å². The second-order valence-electron chi connectivity index (χ2n) is 3.83. The zero-order chi connectivity index (χ0) is 13.0. The summed E-state index contributed by atoms with van der Waals surface area (Å²) in [5, 5.41) is 0. The Balaban J connectivity index is 2.21. The van der Waals surface area contributed by atoms with Gasteiger partial charge in [-0.1, -0.05) is 30.3 Å². The second kappa shape index (κ2) is 5.29. The fourth-order valence-corrected chi connectivity index (χ4v) is 1.50. The highest BCUT2D eigenvalue weighted by Crippen LogP contribution is 2.11. The van der Waals surface area contributed by atoms with Crippen LogP contribution in [0, 0.1) is 0 Å². The third kappa shape index (κ3) is 2.83. The SMILES string of the molecule is NCc1ccc(/C=C/c2c[nH]c(=O)nc2N)cc1. The van der Waals surface area contributed by atoms with Crippen LogP contribution in [0.2, 0.25) is 0 Å². The van der Waals surface area contributed by atoms with Crippen LogP contribution in [0.1, 0.15) is 16.7 Å². The largest absolute Gasteiger partial charge is 0.383 e. The molecule has 0 aliphatic carbocycles. The molecule has 2 aromatic rings. The predicted molar refractivity (Wildman–Crippen MR) is 72.5 cm³/mol. The van der Waals surface area contributed by atoms with Gasteiger partial charge in [0.2, 0.25) is 0 Å². The molecule has 1 heterocycles. The average Bonchev–Trinajstić information content (AvgIpc) is 2.38. The van der Waals surface area contributed by atoms with Crippen LogP contribution in [-0.4, -0.2) is 9.97 Å². The van der Waals surface area contributed by atoms with Crippen LogP contribution in [0.3, 0.4) is 0 Å². The van der Waals surface area contributed by atoms with Gasteiger partial charge in [0.25, 0.3) is 0 Å². The molecule has 1 aromatic heterocycles. The van der Waals surface area contributed by atoms with Crippen LogP contribution in [0.5, 0.6) is 0 Å². The molecular weight excluding hydrogens is 228 g/mol. The Hall–Kier alpha value is -2.40. The van der Waals surface area contributed by atoms with Crippen LogP contribution >= 0.6 is 0 Å². The first kappa shape index (κ1) is 12.1. The number of H-pyrrole nitrogens is 1. The Morgan fingerprint density at radius 1 is 1.22 bits per heavy atom. The highest BCUT2D eigenvalue weighted by atomic mass is 16.1. The van der Waals surface area contributed by atoms with Gasteiger partial charge in [-0.2, -0.15) is 4.98 Å². The molecule has 0 aliphatic heterocycles. The summed E-state index contributed by atoms with van der Waals surface area (Å²) >= 11 is 0. The van der Waals surface area contributed by atoms with Crippen molar-refractivity contribution in [3.05, 3.63) is 57.6 Å². The third-order valence-electron chi connectivity index (χ3n) is 2.54. The van der Waals surface area contributed by atoms with E-state index in [2.05, 4.69) is 9.97 Å². The zero-order valence-electron chi connectivity index (χ0n) is 9.76. The van der Waals surface area contributed by atoms with Gasteiger partial charge in [-0.25, -0.2) is 4.79 Å². The molecule has 0 fully saturated rings. The molecule has 5 nitrogen and oxygen atoms in total. The maximum atomic E-state index is 10.9. The Bertz CT molecular complexity index is 614. The van der Waals surface area contributed by atoms with E-state index in [0.717, 1.165) is 11.1 Å². The van der Waals surface area contributed by atoms with Gasteiger partial charge >= 0.3 is 5.69 Å². The highest BCUT2D eigenvalue weighted by Gasteiger charge is 1.97. The number of nitrogens with zero attached hydrogens (tertiary/aromatic N) is 1. The molecule has 0 spiro atoms. The first-order chi connectivity index (χ1) is 8.69. The lowest BCUT2D eigenvalue weighted by Crippen LogP contribution is -2.12. The Labute approximate surface area is 104 Å². The van der Waals surface area contributed by atoms with Gasteiger partial charge in [0, 0.05) is 18.3 Å². The van der Waals surface area contributed by atoms with E-state index in [1.54, 1.807) is 6.08 Å².